The van der Waals surface area contributed by atoms with Crippen molar-refractivity contribution in [3.8, 4) is 10.8 Å². The van der Waals surface area contributed by atoms with E-state index in [4.69, 9.17) is 4.74 Å². The number of pyridine rings is 1. The first kappa shape index (κ1) is 21.8. The van der Waals surface area contributed by atoms with Gasteiger partial charge in [0.1, 0.15) is 0 Å². The second-order valence-corrected chi connectivity index (χ2v) is 8.77. The van der Waals surface area contributed by atoms with Gasteiger partial charge in [0.2, 0.25) is 0 Å². The van der Waals surface area contributed by atoms with Gasteiger partial charge in [0, 0.05) is 35.6 Å². The molecule has 0 saturated heterocycles. The van der Waals surface area contributed by atoms with E-state index in [0.29, 0.717) is 21.2 Å². The molecule has 0 spiro atoms. The van der Waals surface area contributed by atoms with Crippen LogP contribution in [-0.2, 0) is 0 Å². The summed E-state index contributed by atoms with van der Waals surface area (Å²) in [7, 11) is 1.57. The first-order valence-electron chi connectivity index (χ1n) is 10.6. The molecule has 2 heterocycles. The molecule has 2 amide bonds. The smallest absolute Gasteiger partial charge is 0.261 e. The first-order valence-corrected chi connectivity index (χ1v) is 11.4. The molecule has 2 atom stereocenters. The van der Waals surface area contributed by atoms with Crippen LogP contribution >= 0.6 is 11.3 Å². The lowest BCUT2D eigenvalue weighted by atomic mass is 9.90. The maximum atomic E-state index is 12.9. The summed E-state index contributed by atoms with van der Waals surface area (Å²) in [5, 5.41) is 6.85. The fourth-order valence-corrected chi connectivity index (χ4v) is 4.66. The van der Waals surface area contributed by atoms with Crippen LogP contribution in [0.25, 0.3) is 5.69 Å². The van der Waals surface area contributed by atoms with Gasteiger partial charge in [-0.15, -0.1) is 0 Å². The Morgan fingerprint density at radius 1 is 0.938 bits per heavy atom. The predicted octanol–water partition coefficient (Wildman–Crippen LogP) is 3.38. The van der Waals surface area contributed by atoms with Gasteiger partial charge in [0.05, 0.1) is 12.0 Å². The molecule has 2 unspecified atom stereocenters. The summed E-state index contributed by atoms with van der Waals surface area (Å²) in [6.07, 6.45) is 5.32. The average molecular weight is 452 g/mol. The Morgan fingerprint density at radius 3 is 2.25 bits per heavy atom. The highest BCUT2D eigenvalue weighted by atomic mass is 32.1. The third-order valence-corrected chi connectivity index (χ3v) is 6.68. The monoisotopic (exact) mass is 451 g/mol. The van der Waals surface area contributed by atoms with Crippen molar-refractivity contribution in [2.24, 2.45) is 0 Å². The normalized spacial score (nSPS) is 18.0. The van der Waals surface area contributed by atoms with Gasteiger partial charge in [-0.05, 0) is 55.3 Å². The van der Waals surface area contributed by atoms with Crippen molar-refractivity contribution in [2.45, 2.75) is 37.8 Å². The highest BCUT2D eigenvalue weighted by Gasteiger charge is 2.28. The molecule has 0 radical (unpaired) electrons. The zero-order valence-corrected chi connectivity index (χ0v) is 18.6. The summed E-state index contributed by atoms with van der Waals surface area (Å²) >= 11 is 1.30. The van der Waals surface area contributed by atoms with Gasteiger partial charge < -0.3 is 15.4 Å². The Kier molecular flexibility index (Phi) is 6.70. The number of rotatable bonds is 6. The molecule has 7 nitrogen and oxygen atoms in total. The van der Waals surface area contributed by atoms with E-state index in [2.05, 4.69) is 10.6 Å². The molecule has 32 heavy (non-hydrogen) atoms. The molecule has 2 aromatic heterocycles. The summed E-state index contributed by atoms with van der Waals surface area (Å²) < 4.78 is 6.69. The molecule has 0 bridgehead atoms. The predicted molar refractivity (Wildman–Crippen MR) is 124 cm³/mol. The largest absolute Gasteiger partial charge is 0.487 e. The number of hydrogen-bond acceptors (Lipinski definition) is 5. The molecule has 1 saturated carbocycles. The Hall–Kier alpha value is -3.39. The second kappa shape index (κ2) is 9.82. The highest BCUT2D eigenvalue weighted by molar-refractivity contribution is 7.15. The number of carbonyl (C=O) groups excluding carboxylic acids is 2. The summed E-state index contributed by atoms with van der Waals surface area (Å²) in [6, 6.07) is 15.1. The highest BCUT2D eigenvalue weighted by Crippen LogP contribution is 2.25. The van der Waals surface area contributed by atoms with Crippen LogP contribution in [0.3, 0.4) is 0 Å². The van der Waals surface area contributed by atoms with E-state index in [9.17, 15) is 14.4 Å². The Bertz CT molecular complexity index is 1150. The third kappa shape index (κ3) is 4.91. The third-order valence-electron chi connectivity index (χ3n) is 5.64. The van der Waals surface area contributed by atoms with Gasteiger partial charge in [0.25, 0.3) is 17.4 Å². The zero-order chi connectivity index (χ0) is 22.5. The fourth-order valence-electron chi connectivity index (χ4n) is 3.93. The number of hydrogen-bond donors (Lipinski definition) is 2. The van der Waals surface area contributed by atoms with Crippen molar-refractivity contribution in [3.63, 3.8) is 0 Å². The maximum Gasteiger partial charge on any atom is 0.261 e. The van der Waals surface area contributed by atoms with Crippen molar-refractivity contribution in [1.82, 2.24) is 15.2 Å². The minimum absolute atomic E-state index is 0.129. The number of methoxy groups -OCH3 is 1. The number of amides is 2. The average Bonchev–Trinajstić information content (AvgIpc) is 3.30. The van der Waals surface area contributed by atoms with Crippen molar-refractivity contribution >= 4 is 23.2 Å². The molecule has 166 valence electrons. The minimum Gasteiger partial charge on any atom is -0.487 e. The molecule has 0 aliphatic heterocycles. The second-order valence-electron chi connectivity index (χ2n) is 7.72. The number of aromatic nitrogens is 1. The van der Waals surface area contributed by atoms with Gasteiger partial charge in [-0.25, -0.2) is 0 Å². The van der Waals surface area contributed by atoms with E-state index in [1.54, 1.807) is 61.8 Å². The molecule has 4 rings (SSSR count). The lowest BCUT2D eigenvalue weighted by molar-refractivity contribution is 0.0865. The molecule has 8 heteroatoms. The summed E-state index contributed by atoms with van der Waals surface area (Å²) in [6.45, 7) is 0. The number of benzene rings is 1. The van der Waals surface area contributed by atoms with Crippen molar-refractivity contribution in [3.05, 3.63) is 81.6 Å². The molecular formula is C24H25N3O4S. The van der Waals surface area contributed by atoms with Crippen LogP contribution in [-0.4, -0.2) is 35.6 Å². The molecule has 1 aliphatic rings. The van der Waals surface area contributed by atoms with Crippen LogP contribution in [0.1, 0.15) is 45.7 Å². The SMILES string of the molecule is COc1ccc(C(=O)NC2CCCCC2NC(=O)c2ccc(-n3ccccc3=O)cc2)s1. The number of thiophene rings is 1. The Labute approximate surface area is 190 Å². The van der Waals surface area contributed by atoms with Gasteiger partial charge in [-0.3, -0.25) is 19.0 Å². The Balaban J connectivity index is 1.42. The molecule has 1 aromatic carbocycles. The fraction of sp³-hybridized carbons (Fsp3) is 0.292. The van der Waals surface area contributed by atoms with Crippen LogP contribution in [0.4, 0.5) is 0 Å². The summed E-state index contributed by atoms with van der Waals surface area (Å²) in [5.74, 6) is -0.344. The zero-order valence-electron chi connectivity index (χ0n) is 17.7. The summed E-state index contributed by atoms with van der Waals surface area (Å²) in [4.78, 5) is 38.1. The number of nitrogens with one attached hydrogen (secondary N) is 2. The van der Waals surface area contributed by atoms with Crippen LogP contribution < -0.4 is 20.9 Å². The van der Waals surface area contributed by atoms with Gasteiger partial charge in [-0.2, -0.15) is 0 Å². The molecule has 3 aromatic rings. The lowest BCUT2D eigenvalue weighted by Crippen LogP contribution is -2.53. The molecule has 2 N–H and O–H groups in total. The minimum atomic E-state index is -0.194. The lowest BCUT2D eigenvalue weighted by Gasteiger charge is -2.32. The van der Waals surface area contributed by atoms with E-state index in [0.717, 1.165) is 25.7 Å². The van der Waals surface area contributed by atoms with Crippen LogP contribution in [0.5, 0.6) is 5.06 Å². The van der Waals surface area contributed by atoms with Crippen molar-refractivity contribution < 1.29 is 14.3 Å². The van der Waals surface area contributed by atoms with Crippen molar-refractivity contribution in [2.75, 3.05) is 7.11 Å². The standard InChI is InChI=1S/C24H25N3O4S/c1-31-22-14-13-20(32-22)24(30)26-19-7-3-2-6-18(19)25-23(29)16-9-11-17(12-10-16)27-15-5-4-8-21(27)28/h4-5,8-15,18-19H,2-3,6-7H2,1H3,(H,25,29)(H,26,30). The first-order chi connectivity index (χ1) is 15.5. The number of nitrogens with zero attached hydrogens (tertiary/aromatic N) is 1. The van der Waals surface area contributed by atoms with Crippen LogP contribution in [0, 0.1) is 0 Å². The number of carbonyl (C=O) groups is 2. The van der Waals surface area contributed by atoms with Gasteiger partial charge in [-0.1, -0.05) is 30.2 Å². The Morgan fingerprint density at radius 2 is 1.62 bits per heavy atom. The van der Waals surface area contributed by atoms with Gasteiger partial charge >= 0.3 is 0 Å². The topological polar surface area (TPSA) is 89.4 Å². The van der Waals surface area contributed by atoms with E-state index in [1.165, 1.54) is 22.0 Å². The van der Waals surface area contributed by atoms with Gasteiger partial charge in [0.15, 0.2) is 5.06 Å². The number of ether oxygens (including phenoxy) is 1. The van der Waals surface area contributed by atoms with E-state index < -0.39 is 0 Å². The quantitative estimate of drug-likeness (QED) is 0.601. The van der Waals surface area contributed by atoms with E-state index in [1.807, 2.05) is 0 Å². The van der Waals surface area contributed by atoms with Crippen molar-refractivity contribution in [1.29, 1.82) is 0 Å². The van der Waals surface area contributed by atoms with E-state index >= 15 is 0 Å². The maximum absolute atomic E-state index is 12.9. The van der Waals surface area contributed by atoms with E-state index in [-0.39, 0.29) is 29.5 Å². The molecule has 1 fully saturated rings. The van der Waals surface area contributed by atoms with Crippen LogP contribution in [0.2, 0.25) is 0 Å². The summed E-state index contributed by atoms with van der Waals surface area (Å²) in [5.41, 5.74) is 1.08. The molecule has 1 aliphatic carbocycles. The molecular weight excluding hydrogens is 426 g/mol. The van der Waals surface area contributed by atoms with Crippen LogP contribution in [0.15, 0.2) is 65.6 Å².